The van der Waals surface area contributed by atoms with Crippen LogP contribution in [0.4, 0.5) is 0 Å². The molecule has 0 radical (unpaired) electrons. The minimum absolute atomic E-state index is 0.708. The number of nitrogens with two attached hydrogens (primary N) is 1. The lowest BCUT2D eigenvalue weighted by molar-refractivity contribution is 0.199. The molecule has 0 aliphatic heterocycles. The van der Waals surface area contributed by atoms with Crippen molar-refractivity contribution in [3.63, 3.8) is 0 Å². The van der Waals surface area contributed by atoms with Gasteiger partial charge in [0, 0.05) is 0 Å². The van der Waals surface area contributed by atoms with Gasteiger partial charge < -0.3 is 4.84 Å². The van der Waals surface area contributed by atoms with Crippen LogP contribution in [0.15, 0.2) is 30.3 Å². The summed E-state index contributed by atoms with van der Waals surface area (Å²) in [6.07, 6.45) is 0. The molecular weight excluding hydrogens is 116 g/mol. The van der Waals surface area contributed by atoms with Crippen LogP contribution in [-0.4, -0.2) is 0 Å². The van der Waals surface area contributed by atoms with E-state index in [1.165, 1.54) is 0 Å². The van der Waals surface area contributed by atoms with Crippen LogP contribution in [0.3, 0.4) is 0 Å². The summed E-state index contributed by atoms with van der Waals surface area (Å²) >= 11 is 0. The first-order valence-corrected chi connectivity index (χ1v) is 2.61. The summed E-state index contributed by atoms with van der Waals surface area (Å²) in [7, 11) is 0. The number of hydrogen-bond donors (Lipinski definition) is 2. The minimum Gasteiger partial charge on any atom is -0.394 e. The van der Waals surface area contributed by atoms with Crippen molar-refractivity contribution in [2.45, 2.75) is 0 Å². The maximum atomic E-state index is 4.89. The van der Waals surface area contributed by atoms with E-state index in [1.807, 2.05) is 18.2 Å². The fourth-order valence-corrected chi connectivity index (χ4v) is 0.557. The summed E-state index contributed by atoms with van der Waals surface area (Å²) in [5, 5.41) is 0. The van der Waals surface area contributed by atoms with Crippen LogP contribution < -0.4 is 16.3 Å². The van der Waals surface area contributed by atoms with E-state index in [1.54, 1.807) is 12.1 Å². The zero-order valence-electron chi connectivity index (χ0n) is 4.87. The summed E-state index contributed by atoms with van der Waals surface area (Å²) in [4.78, 5) is 4.73. The molecule has 1 rings (SSSR count). The molecule has 0 heterocycles. The quantitative estimate of drug-likeness (QED) is 0.444. The van der Waals surface area contributed by atoms with Crippen LogP contribution in [0, 0.1) is 0 Å². The van der Waals surface area contributed by atoms with Gasteiger partial charge in [-0.1, -0.05) is 23.8 Å². The average Bonchev–Trinajstić information content (AvgIpc) is 1.91. The van der Waals surface area contributed by atoms with E-state index < -0.39 is 0 Å². The summed E-state index contributed by atoms with van der Waals surface area (Å²) in [5.74, 6) is 5.60. The molecule has 0 unspecified atom stereocenters. The molecule has 0 aromatic heterocycles. The van der Waals surface area contributed by atoms with Gasteiger partial charge in [-0.25, -0.2) is 5.84 Å². The second-order valence-electron chi connectivity index (χ2n) is 1.53. The third-order valence-corrected chi connectivity index (χ3v) is 0.920. The van der Waals surface area contributed by atoms with Crippen LogP contribution in [0.5, 0.6) is 5.75 Å². The Balaban J connectivity index is 2.61. The lowest BCUT2D eigenvalue weighted by Gasteiger charge is -1.98. The maximum Gasteiger partial charge on any atom is 0.148 e. The van der Waals surface area contributed by atoms with E-state index in [4.69, 9.17) is 10.7 Å². The first-order chi connectivity index (χ1) is 4.43. The van der Waals surface area contributed by atoms with Crippen molar-refractivity contribution in [3.8, 4) is 5.75 Å². The molecule has 3 heteroatoms. The largest absolute Gasteiger partial charge is 0.394 e. The van der Waals surface area contributed by atoms with Gasteiger partial charge in [-0.15, -0.1) is 0 Å². The first-order valence-electron chi connectivity index (χ1n) is 2.61. The molecule has 48 valence electrons. The number of para-hydroxylation sites is 1. The highest BCUT2D eigenvalue weighted by Crippen LogP contribution is 2.05. The smallest absolute Gasteiger partial charge is 0.148 e. The predicted molar refractivity (Wildman–Crippen MR) is 34.4 cm³/mol. The number of rotatable bonds is 2. The van der Waals surface area contributed by atoms with Crippen LogP contribution in [-0.2, 0) is 0 Å². The molecule has 3 nitrogen and oxygen atoms in total. The van der Waals surface area contributed by atoms with Crippen LogP contribution in [0.1, 0.15) is 0 Å². The average molecular weight is 124 g/mol. The van der Waals surface area contributed by atoms with Crippen molar-refractivity contribution in [2.24, 2.45) is 5.84 Å². The normalized spacial score (nSPS) is 9.00. The fourth-order valence-electron chi connectivity index (χ4n) is 0.557. The Hall–Kier alpha value is -1.06. The standard InChI is InChI=1S/C6H8N2O/c7-8-9-6-4-2-1-3-5-6/h1-5,8H,7H2. The van der Waals surface area contributed by atoms with Crippen molar-refractivity contribution in [1.82, 2.24) is 5.59 Å². The lowest BCUT2D eigenvalue weighted by atomic mass is 10.3. The summed E-state index contributed by atoms with van der Waals surface area (Å²) < 4.78 is 0. The highest BCUT2D eigenvalue weighted by atomic mass is 16.7. The summed E-state index contributed by atoms with van der Waals surface area (Å²) in [6.45, 7) is 0. The van der Waals surface area contributed by atoms with E-state index in [9.17, 15) is 0 Å². The molecule has 1 aromatic rings. The lowest BCUT2D eigenvalue weighted by Crippen LogP contribution is -2.25. The zero-order chi connectivity index (χ0) is 6.53. The zero-order valence-corrected chi connectivity index (χ0v) is 4.87. The minimum atomic E-state index is 0.708. The van der Waals surface area contributed by atoms with Crippen molar-refractivity contribution < 1.29 is 4.84 Å². The first kappa shape index (κ1) is 6.07. The molecule has 0 saturated heterocycles. The van der Waals surface area contributed by atoms with Gasteiger partial charge in [0.1, 0.15) is 5.75 Å². The molecule has 0 saturated carbocycles. The summed E-state index contributed by atoms with van der Waals surface area (Å²) in [5.41, 5.74) is 2.08. The third-order valence-electron chi connectivity index (χ3n) is 0.920. The highest BCUT2D eigenvalue weighted by molar-refractivity contribution is 5.20. The fraction of sp³-hybridized carbons (Fsp3) is 0. The van der Waals surface area contributed by atoms with Crippen molar-refractivity contribution in [2.75, 3.05) is 0 Å². The van der Waals surface area contributed by atoms with Crippen LogP contribution in [0.25, 0.3) is 0 Å². The van der Waals surface area contributed by atoms with Gasteiger partial charge in [-0.2, -0.15) is 0 Å². The topological polar surface area (TPSA) is 47.3 Å². The molecule has 0 aliphatic rings. The molecule has 0 aliphatic carbocycles. The molecule has 0 fully saturated rings. The van der Waals surface area contributed by atoms with Crippen molar-refractivity contribution in [3.05, 3.63) is 30.3 Å². The molecule has 1 aromatic carbocycles. The second-order valence-corrected chi connectivity index (χ2v) is 1.53. The van der Waals surface area contributed by atoms with Crippen LogP contribution >= 0.6 is 0 Å². The Bertz CT molecular complexity index is 164. The third kappa shape index (κ3) is 1.71. The van der Waals surface area contributed by atoms with Crippen LogP contribution in [0.2, 0.25) is 0 Å². The number of benzene rings is 1. The van der Waals surface area contributed by atoms with Gasteiger partial charge in [0.05, 0.1) is 0 Å². The monoisotopic (exact) mass is 124 g/mol. The summed E-state index contributed by atoms with van der Waals surface area (Å²) in [6, 6.07) is 9.25. The number of hydrogen-bond acceptors (Lipinski definition) is 3. The molecule has 0 bridgehead atoms. The van der Waals surface area contributed by atoms with Crippen molar-refractivity contribution >= 4 is 0 Å². The molecule has 0 amide bonds. The van der Waals surface area contributed by atoms with E-state index >= 15 is 0 Å². The Morgan fingerprint density at radius 2 is 1.89 bits per heavy atom. The Labute approximate surface area is 53.4 Å². The molecule has 0 atom stereocenters. The highest BCUT2D eigenvalue weighted by Gasteiger charge is 1.84. The van der Waals surface area contributed by atoms with Gasteiger partial charge in [-0.05, 0) is 12.1 Å². The Morgan fingerprint density at radius 1 is 1.22 bits per heavy atom. The SMILES string of the molecule is NNOc1ccccc1. The van der Waals surface area contributed by atoms with E-state index in [-0.39, 0.29) is 0 Å². The second kappa shape index (κ2) is 3.06. The molecule has 0 spiro atoms. The van der Waals surface area contributed by atoms with Gasteiger partial charge >= 0.3 is 0 Å². The van der Waals surface area contributed by atoms with E-state index in [0.717, 1.165) is 0 Å². The predicted octanol–water partition coefficient (Wildman–Crippen LogP) is 0.444. The molecule has 9 heavy (non-hydrogen) atoms. The van der Waals surface area contributed by atoms with E-state index in [0.29, 0.717) is 5.75 Å². The molecule has 3 N–H and O–H groups in total. The number of nitrogens with one attached hydrogen (secondary N) is 1. The van der Waals surface area contributed by atoms with Gasteiger partial charge in [0.15, 0.2) is 0 Å². The maximum absolute atomic E-state index is 4.89. The Morgan fingerprint density at radius 3 is 2.44 bits per heavy atom. The van der Waals surface area contributed by atoms with Crippen molar-refractivity contribution in [1.29, 1.82) is 0 Å². The number of hydrazine groups is 1. The van der Waals surface area contributed by atoms with E-state index in [2.05, 4.69) is 5.59 Å². The molecular formula is C6H8N2O. The van der Waals surface area contributed by atoms with Gasteiger partial charge in [0.25, 0.3) is 0 Å². The van der Waals surface area contributed by atoms with Gasteiger partial charge in [-0.3, -0.25) is 0 Å². The van der Waals surface area contributed by atoms with Gasteiger partial charge in [0.2, 0.25) is 0 Å². The Kier molecular flexibility index (Phi) is 2.06.